The minimum atomic E-state index is -0.456. The Balaban J connectivity index is 1.76. The second-order valence-electron chi connectivity index (χ2n) is 10.5. The first kappa shape index (κ1) is 19.8. The molecular formula is C24H34O4. The molecule has 0 radical (unpaired) electrons. The fourth-order valence-corrected chi connectivity index (χ4v) is 8.06. The van der Waals surface area contributed by atoms with Crippen LogP contribution in [0.5, 0.6) is 0 Å². The Morgan fingerprint density at radius 1 is 1.14 bits per heavy atom. The zero-order valence-corrected chi connectivity index (χ0v) is 18.0. The zero-order valence-electron chi connectivity index (χ0n) is 18.0. The van der Waals surface area contributed by atoms with Crippen LogP contribution < -0.4 is 0 Å². The van der Waals surface area contributed by atoms with Gasteiger partial charge in [-0.15, -0.1) is 0 Å². The number of hydrogen-bond donors (Lipinski definition) is 0. The number of hydrogen-bond acceptors (Lipinski definition) is 4. The van der Waals surface area contributed by atoms with Gasteiger partial charge in [0.15, 0.2) is 5.78 Å². The van der Waals surface area contributed by atoms with Crippen molar-refractivity contribution in [1.82, 2.24) is 0 Å². The van der Waals surface area contributed by atoms with Crippen molar-refractivity contribution in [3.8, 4) is 0 Å². The van der Waals surface area contributed by atoms with Crippen molar-refractivity contribution in [2.75, 3.05) is 0 Å². The number of Topliss-reactive ketones (excluding diaryl/α,β-unsaturated/α-hetero) is 1. The number of rotatable bonds is 2. The highest BCUT2D eigenvalue weighted by molar-refractivity contribution is 5.98. The number of aldehydes is 1. The SMILES string of the molecule is CC(=O)O[C@@]1(C)CC[C@H]2[C@@H]3C[C@H](C)C4=C(C)C(=O)CC[C@]4(C=O)[C@H]3CC[C@@]21C. The minimum absolute atomic E-state index is 0.0373. The molecule has 0 bridgehead atoms. The highest BCUT2D eigenvalue weighted by Gasteiger charge is 2.66. The van der Waals surface area contributed by atoms with Crippen LogP contribution >= 0.6 is 0 Å². The second kappa shape index (κ2) is 6.27. The van der Waals surface area contributed by atoms with Gasteiger partial charge in [-0.05, 0) is 87.2 Å². The smallest absolute Gasteiger partial charge is 0.303 e. The highest BCUT2D eigenvalue weighted by Crippen LogP contribution is 2.68. The molecule has 154 valence electrons. The molecule has 0 aromatic rings. The van der Waals surface area contributed by atoms with Crippen LogP contribution in [0.25, 0.3) is 0 Å². The molecule has 4 aliphatic carbocycles. The average molecular weight is 387 g/mol. The summed E-state index contributed by atoms with van der Waals surface area (Å²) in [5.41, 5.74) is 1.09. The van der Waals surface area contributed by atoms with E-state index >= 15 is 0 Å². The van der Waals surface area contributed by atoms with Gasteiger partial charge in [-0.1, -0.05) is 13.8 Å². The topological polar surface area (TPSA) is 60.4 Å². The van der Waals surface area contributed by atoms with Crippen LogP contribution in [0.3, 0.4) is 0 Å². The van der Waals surface area contributed by atoms with Gasteiger partial charge in [0, 0.05) is 18.8 Å². The summed E-state index contributed by atoms with van der Waals surface area (Å²) in [7, 11) is 0. The lowest BCUT2D eigenvalue weighted by Crippen LogP contribution is -2.57. The van der Waals surface area contributed by atoms with E-state index in [1.807, 2.05) is 6.92 Å². The number of ketones is 1. The van der Waals surface area contributed by atoms with E-state index in [0.29, 0.717) is 30.6 Å². The monoisotopic (exact) mass is 386 g/mol. The maximum atomic E-state index is 12.6. The summed E-state index contributed by atoms with van der Waals surface area (Å²) in [6.07, 6.45) is 7.33. The number of fused-ring (bicyclic) bond motifs is 5. The van der Waals surface area contributed by atoms with E-state index in [-0.39, 0.29) is 23.1 Å². The van der Waals surface area contributed by atoms with E-state index < -0.39 is 11.0 Å². The molecule has 0 N–H and O–H groups in total. The summed E-state index contributed by atoms with van der Waals surface area (Å²) >= 11 is 0. The highest BCUT2D eigenvalue weighted by atomic mass is 16.6. The van der Waals surface area contributed by atoms with Gasteiger partial charge in [-0.3, -0.25) is 9.59 Å². The van der Waals surface area contributed by atoms with Crippen LogP contribution in [-0.4, -0.2) is 23.6 Å². The Labute approximate surface area is 168 Å². The Morgan fingerprint density at radius 3 is 2.46 bits per heavy atom. The van der Waals surface area contributed by atoms with Crippen molar-refractivity contribution in [1.29, 1.82) is 0 Å². The molecule has 0 saturated heterocycles. The van der Waals surface area contributed by atoms with Crippen LogP contribution in [0, 0.1) is 34.5 Å². The maximum Gasteiger partial charge on any atom is 0.303 e. The zero-order chi connectivity index (χ0) is 20.5. The van der Waals surface area contributed by atoms with Gasteiger partial charge in [-0.2, -0.15) is 0 Å². The molecule has 3 saturated carbocycles. The summed E-state index contributed by atoms with van der Waals surface area (Å²) in [5.74, 6) is 1.53. The van der Waals surface area contributed by atoms with Crippen LogP contribution in [-0.2, 0) is 19.1 Å². The molecule has 3 fully saturated rings. The van der Waals surface area contributed by atoms with Gasteiger partial charge >= 0.3 is 5.97 Å². The van der Waals surface area contributed by atoms with E-state index in [4.69, 9.17) is 4.74 Å². The molecule has 0 amide bonds. The van der Waals surface area contributed by atoms with Crippen molar-refractivity contribution >= 4 is 18.0 Å². The second-order valence-corrected chi connectivity index (χ2v) is 10.5. The van der Waals surface area contributed by atoms with Gasteiger partial charge in [-0.25, -0.2) is 0 Å². The molecule has 7 atom stereocenters. The van der Waals surface area contributed by atoms with Gasteiger partial charge in [0.2, 0.25) is 0 Å². The Hall–Kier alpha value is -1.45. The van der Waals surface area contributed by atoms with Crippen LogP contribution in [0.15, 0.2) is 11.1 Å². The summed E-state index contributed by atoms with van der Waals surface area (Å²) in [6.45, 7) is 10.1. The van der Waals surface area contributed by atoms with E-state index in [1.165, 1.54) is 13.2 Å². The van der Waals surface area contributed by atoms with Crippen molar-refractivity contribution in [3.05, 3.63) is 11.1 Å². The fourth-order valence-electron chi connectivity index (χ4n) is 8.06. The molecule has 0 heterocycles. The molecule has 0 spiro atoms. The van der Waals surface area contributed by atoms with Crippen molar-refractivity contribution < 1.29 is 19.1 Å². The largest absolute Gasteiger partial charge is 0.459 e. The van der Waals surface area contributed by atoms with Gasteiger partial charge < -0.3 is 9.53 Å². The number of carbonyl (C=O) groups excluding carboxylic acids is 3. The summed E-state index contributed by atoms with van der Waals surface area (Å²) in [5, 5.41) is 0. The van der Waals surface area contributed by atoms with Crippen molar-refractivity contribution in [2.24, 2.45) is 34.5 Å². The first-order valence-corrected chi connectivity index (χ1v) is 11.0. The summed E-state index contributed by atoms with van der Waals surface area (Å²) < 4.78 is 5.90. The molecule has 0 unspecified atom stereocenters. The number of carbonyl (C=O) groups is 3. The lowest BCUT2D eigenvalue weighted by Gasteiger charge is -2.60. The van der Waals surface area contributed by atoms with Crippen LogP contribution in [0.1, 0.15) is 79.6 Å². The molecule has 28 heavy (non-hydrogen) atoms. The Bertz CT molecular complexity index is 767. The molecule has 0 aromatic heterocycles. The van der Waals surface area contributed by atoms with Crippen molar-refractivity contribution in [3.63, 3.8) is 0 Å². The predicted molar refractivity (Wildman–Crippen MR) is 106 cm³/mol. The lowest BCUT2D eigenvalue weighted by molar-refractivity contribution is -0.178. The molecule has 0 aromatic carbocycles. The molecule has 4 heteroatoms. The summed E-state index contributed by atoms with van der Waals surface area (Å²) in [6, 6.07) is 0. The lowest BCUT2D eigenvalue weighted by atomic mass is 9.44. The van der Waals surface area contributed by atoms with Gasteiger partial charge in [0.1, 0.15) is 11.9 Å². The minimum Gasteiger partial charge on any atom is -0.459 e. The fraction of sp³-hybridized carbons (Fsp3) is 0.792. The predicted octanol–water partition coefficient (Wildman–Crippen LogP) is 4.66. The van der Waals surface area contributed by atoms with E-state index in [1.54, 1.807) is 0 Å². The van der Waals surface area contributed by atoms with Gasteiger partial charge in [0.25, 0.3) is 0 Å². The Morgan fingerprint density at radius 2 is 1.82 bits per heavy atom. The third-order valence-electron chi connectivity index (χ3n) is 9.42. The third-order valence-corrected chi connectivity index (χ3v) is 9.42. The standard InChI is InChI=1S/C24H34O4/c1-14-12-17-18-7-10-23(5,28-16(3)26)22(18,4)9-6-19(17)24(13-25)11-8-20(27)15(2)21(14)24/h13-14,17-19H,6-12H2,1-5H3/t14-,17-,18-,19-,22-,23-,24-/m0/s1. The van der Waals surface area contributed by atoms with Gasteiger partial charge in [0.05, 0.1) is 5.41 Å². The average Bonchev–Trinajstić information content (AvgIpc) is 2.88. The molecule has 4 rings (SSSR count). The van der Waals surface area contributed by atoms with E-state index in [0.717, 1.165) is 43.3 Å². The normalized spacial score (nSPS) is 47.8. The third kappa shape index (κ3) is 2.39. The molecule has 0 aliphatic heterocycles. The first-order chi connectivity index (χ1) is 13.1. The van der Waals surface area contributed by atoms with Crippen LogP contribution in [0.2, 0.25) is 0 Å². The molecular weight excluding hydrogens is 352 g/mol. The number of ether oxygens (including phenoxy) is 1. The Kier molecular flexibility index (Phi) is 4.45. The molecule has 4 aliphatic rings. The van der Waals surface area contributed by atoms with E-state index in [9.17, 15) is 14.4 Å². The molecule has 4 nitrogen and oxygen atoms in total. The maximum absolute atomic E-state index is 12.6. The van der Waals surface area contributed by atoms with E-state index in [2.05, 4.69) is 20.8 Å². The van der Waals surface area contributed by atoms with Crippen molar-refractivity contribution in [2.45, 2.75) is 85.2 Å². The van der Waals surface area contributed by atoms with Crippen LogP contribution in [0.4, 0.5) is 0 Å². The number of allylic oxidation sites excluding steroid dienone is 1. The number of esters is 1. The first-order valence-electron chi connectivity index (χ1n) is 11.0. The summed E-state index contributed by atoms with van der Waals surface area (Å²) in [4.78, 5) is 36.8. The quantitative estimate of drug-likeness (QED) is 0.512.